The summed E-state index contributed by atoms with van der Waals surface area (Å²) in [5.41, 5.74) is 1.18. The lowest BCUT2D eigenvalue weighted by Gasteiger charge is -2.34. The summed E-state index contributed by atoms with van der Waals surface area (Å²) in [5.74, 6) is 1.86. The third-order valence-electron chi connectivity index (χ3n) is 3.32. The van der Waals surface area contributed by atoms with Crippen molar-refractivity contribution in [3.05, 3.63) is 39.9 Å². The van der Waals surface area contributed by atoms with Crippen LogP contribution in [0.4, 0.5) is 5.69 Å². The summed E-state index contributed by atoms with van der Waals surface area (Å²) in [4.78, 5) is 12.5. The smallest absolute Gasteiger partial charge is 0.269 e. The number of hydrogen-bond donors (Lipinski definition) is 0. The monoisotopic (exact) mass is 357 g/mol. The van der Waals surface area contributed by atoms with Crippen LogP contribution in [0.3, 0.4) is 0 Å². The van der Waals surface area contributed by atoms with E-state index in [9.17, 15) is 10.1 Å². The number of non-ortho nitro benzene ring substituents is 1. The van der Waals surface area contributed by atoms with Crippen LogP contribution in [0.15, 0.2) is 24.3 Å². The third-order valence-corrected chi connectivity index (χ3v) is 5.90. The SMILES string of the molecule is CCSN1CCN(C(=S)SCc2ccc([N+](=O)[O-])cc2)CC1. The quantitative estimate of drug-likeness (QED) is 0.346. The molecule has 1 saturated heterocycles. The molecule has 1 aromatic rings. The largest absolute Gasteiger partial charge is 0.355 e. The molecular formula is C14H19N3O2S3. The summed E-state index contributed by atoms with van der Waals surface area (Å²) < 4.78 is 3.31. The molecular weight excluding hydrogens is 338 g/mol. The Kier molecular flexibility index (Phi) is 6.94. The van der Waals surface area contributed by atoms with Crippen molar-refractivity contribution in [1.29, 1.82) is 0 Å². The van der Waals surface area contributed by atoms with Crippen LogP contribution in [0.2, 0.25) is 0 Å². The number of hydrogen-bond acceptors (Lipinski definition) is 6. The van der Waals surface area contributed by atoms with Gasteiger partial charge >= 0.3 is 0 Å². The number of nitrogens with zero attached hydrogens (tertiary/aromatic N) is 3. The van der Waals surface area contributed by atoms with E-state index in [0.717, 1.165) is 47.6 Å². The topological polar surface area (TPSA) is 49.6 Å². The number of rotatable bonds is 5. The van der Waals surface area contributed by atoms with Gasteiger partial charge in [0.2, 0.25) is 0 Å². The minimum atomic E-state index is -0.380. The second kappa shape index (κ2) is 8.71. The summed E-state index contributed by atoms with van der Waals surface area (Å²) in [6.45, 7) is 6.19. The molecule has 22 heavy (non-hydrogen) atoms. The molecule has 1 aromatic carbocycles. The molecule has 0 aromatic heterocycles. The Balaban J connectivity index is 1.77. The molecule has 1 aliphatic heterocycles. The van der Waals surface area contributed by atoms with E-state index in [-0.39, 0.29) is 10.6 Å². The first-order valence-corrected chi connectivity index (χ1v) is 9.46. The third kappa shape index (κ3) is 5.12. The minimum Gasteiger partial charge on any atom is -0.355 e. The number of nitro benzene ring substituents is 1. The molecule has 2 rings (SSSR count). The molecule has 0 unspecified atom stereocenters. The van der Waals surface area contributed by atoms with Crippen molar-refractivity contribution in [1.82, 2.24) is 9.21 Å². The van der Waals surface area contributed by atoms with E-state index in [4.69, 9.17) is 12.2 Å². The van der Waals surface area contributed by atoms with Gasteiger partial charge in [-0.3, -0.25) is 10.1 Å². The molecule has 1 aliphatic rings. The van der Waals surface area contributed by atoms with Crippen molar-refractivity contribution in [3.63, 3.8) is 0 Å². The minimum absolute atomic E-state index is 0.126. The van der Waals surface area contributed by atoms with Gasteiger partial charge in [-0.05, 0) is 5.56 Å². The van der Waals surface area contributed by atoms with Crippen molar-refractivity contribution < 1.29 is 4.92 Å². The molecule has 0 bridgehead atoms. The second-order valence-electron chi connectivity index (χ2n) is 4.81. The standard InChI is InChI=1S/C14H19N3O2S3/c1-2-22-16-9-7-15(8-10-16)14(20)21-11-12-3-5-13(6-4-12)17(18)19/h3-6H,2,7-11H2,1H3. The summed E-state index contributed by atoms with van der Waals surface area (Å²) >= 11 is 9.01. The molecule has 1 fully saturated rings. The highest BCUT2D eigenvalue weighted by molar-refractivity contribution is 8.22. The highest BCUT2D eigenvalue weighted by Gasteiger charge is 2.19. The number of piperazine rings is 1. The number of thiocarbonyl (C=S) groups is 1. The van der Waals surface area contributed by atoms with Crippen LogP contribution in [0, 0.1) is 10.1 Å². The number of nitro groups is 1. The van der Waals surface area contributed by atoms with E-state index in [1.807, 2.05) is 11.9 Å². The predicted octanol–water partition coefficient (Wildman–Crippen LogP) is 3.40. The molecule has 0 radical (unpaired) electrons. The fourth-order valence-corrected chi connectivity index (χ4v) is 4.13. The summed E-state index contributed by atoms with van der Waals surface area (Å²) in [5, 5.41) is 10.6. The van der Waals surface area contributed by atoms with E-state index >= 15 is 0 Å². The summed E-state index contributed by atoms with van der Waals surface area (Å²) in [6, 6.07) is 6.67. The normalized spacial score (nSPS) is 15.8. The molecule has 0 amide bonds. The van der Waals surface area contributed by atoms with Crippen LogP contribution in [0.1, 0.15) is 12.5 Å². The van der Waals surface area contributed by atoms with E-state index in [2.05, 4.69) is 16.1 Å². The van der Waals surface area contributed by atoms with E-state index in [0.29, 0.717) is 0 Å². The Hall–Kier alpha value is -0.830. The molecule has 120 valence electrons. The van der Waals surface area contributed by atoms with Gasteiger partial charge < -0.3 is 4.90 Å². The van der Waals surface area contributed by atoms with Gasteiger partial charge in [-0.25, -0.2) is 4.31 Å². The fraction of sp³-hybridized carbons (Fsp3) is 0.500. The maximum Gasteiger partial charge on any atom is 0.269 e. The second-order valence-corrected chi connectivity index (χ2v) is 7.77. The van der Waals surface area contributed by atoms with Crippen LogP contribution in [-0.4, -0.2) is 50.4 Å². The van der Waals surface area contributed by atoms with Crippen LogP contribution < -0.4 is 0 Å². The van der Waals surface area contributed by atoms with Crippen molar-refractivity contribution in [2.75, 3.05) is 31.9 Å². The highest BCUT2D eigenvalue weighted by atomic mass is 32.2. The maximum atomic E-state index is 10.6. The zero-order valence-electron chi connectivity index (χ0n) is 12.4. The zero-order chi connectivity index (χ0) is 15.9. The average molecular weight is 358 g/mol. The van der Waals surface area contributed by atoms with Gasteiger partial charge in [0.05, 0.1) is 4.92 Å². The summed E-state index contributed by atoms with van der Waals surface area (Å²) in [6.07, 6.45) is 0. The van der Waals surface area contributed by atoms with Crippen LogP contribution in [-0.2, 0) is 5.75 Å². The van der Waals surface area contributed by atoms with E-state index < -0.39 is 0 Å². The Bertz CT molecular complexity index is 517. The molecule has 8 heteroatoms. The Morgan fingerprint density at radius 1 is 1.27 bits per heavy atom. The molecule has 0 saturated carbocycles. The summed E-state index contributed by atoms with van der Waals surface area (Å²) in [7, 11) is 0. The zero-order valence-corrected chi connectivity index (χ0v) is 14.9. The maximum absolute atomic E-state index is 10.6. The predicted molar refractivity (Wildman–Crippen MR) is 98.3 cm³/mol. The van der Waals surface area contributed by atoms with Crippen molar-refractivity contribution in [2.24, 2.45) is 0 Å². The Morgan fingerprint density at radius 2 is 1.91 bits per heavy atom. The van der Waals surface area contributed by atoms with Gasteiger partial charge in [-0.2, -0.15) is 0 Å². The lowest BCUT2D eigenvalue weighted by Crippen LogP contribution is -2.44. The Labute approximate surface area is 144 Å². The lowest BCUT2D eigenvalue weighted by molar-refractivity contribution is -0.384. The number of benzene rings is 1. The Morgan fingerprint density at radius 3 is 2.45 bits per heavy atom. The van der Waals surface area contributed by atoms with Gasteiger partial charge in [0.25, 0.3) is 5.69 Å². The van der Waals surface area contributed by atoms with Gasteiger partial charge in [-0.1, -0.05) is 55.0 Å². The van der Waals surface area contributed by atoms with Gasteiger partial charge in [-0.15, -0.1) is 0 Å². The molecule has 0 atom stereocenters. The van der Waals surface area contributed by atoms with Crippen LogP contribution >= 0.6 is 35.9 Å². The molecule has 0 aliphatic carbocycles. The van der Waals surface area contributed by atoms with Gasteiger partial charge in [0.1, 0.15) is 4.32 Å². The first-order valence-electron chi connectivity index (χ1n) is 7.13. The van der Waals surface area contributed by atoms with Crippen molar-refractivity contribution in [3.8, 4) is 0 Å². The first-order chi connectivity index (χ1) is 10.6. The lowest BCUT2D eigenvalue weighted by atomic mass is 10.2. The molecule has 1 heterocycles. The average Bonchev–Trinajstić information content (AvgIpc) is 2.54. The van der Waals surface area contributed by atoms with Crippen LogP contribution in [0.25, 0.3) is 0 Å². The molecule has 5 nitrogen and oxygen atoms in total. The van der Waals surface area contributed by atoms with Gasteiger partial charge in [0.15, 0.2) is 0 Å². The number of thioether (sulfide) groups is 1. The van der Waals surface area contributed by atoms with E-state index in [1.54, 1.807) is 36.0 Å². The highest BCUT2D eigenvalue weighted by Crippen LogP contribution is 2.21. The first kappa shape index (κ1) is 17.5. The fourth-order valence-electron chi connectivity index (χ4n) is 2.13. The molecule has 0 spiro atoms. The van der Waals surface area contributed by atoms with Crippen molar-refractivity contribution >= 4 is 45.9 Å². The van der Waals surface area contributed by atoms with E-state index in [1.165, 1.54) is 0 Å². The van der Waals surface area contributed by atoms with Crippen molar-refractivity contribution in [2.45, 2.75) is 12.7 Å². The van der Waals surface area contributed by atoms with Crippen LogP contribution in [0.5, 0.6) is 0 Å². The van der Waals surface area contributed by atoms with Gasteiger partial charge in [0, 0.05) is 49.8 Å². The molecule has 0 N–H and O–H groups in total.